The van der Waals surface area contributed by atoms with Crippen molar-refractivity contribution in [2.24, 2.45) is 0 Å². The highest BCUT2D eigenvalue weighted by Crippen LogP contribution is 2.29. The molecule has 1 atom stereocenters. The minimum atomic E-state index is -4.60. The molecule has 2 amide bonds. The molecule has 0 aliphatic heterocycles. The van der Waals surface area contributed by atoms with Crippen LogP contribution in [0.4, 0.5) is 30.2 Å². The van der Waals surface area contributed by atoms with Gasteiger partial charge in [0.1, 0.15) is 12.2 Å². The second-order valence-electron chi connectivity index (χ2n) is 7.41. The molecule has 1 aromatic heterocycles. The Morgan fingerprint density at radius 3 is 2.40 bits per heavy atom. The molecule has 0 bridgehead atoms. The zero-order valence-electron chi connectivity index (χ0n) is 18.3. The van der Waals surface area contributed by atoms with Gasteiger partial charge in [0.2, 0.25) is 0 Å². The van der Waals surface area contributed by atoms with Crippen molar-refractivity contribution in [3.8, 4) is 0 Å². The van der Waals surface area contributed by atoms with E-state index in [1.807, 2.05) is 0 Å². The predicted octanol–water partition coefficient (Wildman–Crippen LogP) is 4.71. The van der Waals surface area contributed by atoms with E-state index in [1.165, 1.54) is 36.4 Å². The number of aromatic nitrogens is 1. The van der Waals surface area contributed by atoms with Gasteiger partial charge in [0.05, 0.1) is 27.9 Å². The summed E-state index contributed by atoms with van der Waals surface area (Å²) in [4.78, 5) is 40.1. The zero-order chi connectivity index (χ0) is 25.6. The zero-order valence-corrected chi connectivity index (χ0v) is 18.3. The van der Waals surface area contributed by atoms with Crippen molar-refractivity contribution in [3.63, 3.8) is 0 Å². The number of halogens is 3. The summed E-state index contributed by atoms with van der Waals surface area (Å²) in [5.41, 5.74) is 0.128. The Kier molecular flexibility index (Phi) is 7.64. The molecule has 0 spiro atoms. The van der Waals surface area contributed by atoms with Crippen LogP contribution in [0.25, 0.3) is 0 Å². The number of hydrogen-bond acceptors (Lipinski definition) is 6. The normalized spacial score (nSPS) is 11.9. The van der Waals surface area contributed by atoms with Gasteiger partial charge >= 0.3 is 6.18 Å². The van der Waals surface area contributed by atoms with E-state index < -0.39 is 29.5 Å². The van der Waals surface area contributed by atoms with Crippen LogP contribution in [0.2, 0.25) is 0 Å². The minimum Gasteiger partial charge on any atom is -0.371 e. The van der Waals surface area contributed by atoms with Crippen molar-refractivity contribution in [1.29, 1.82) is 0 Å². The number of hydrogen-bond donors (Lipinski definition) is 3. The highest BCUT2D eigenvalue weighted by atomic mass is 19.4. The summed E-state index contributed by atoms with van der Waals surface area (Å²) in [6.45, 7) is 0.235. The molecule has 3 N–H and O–H groups in total. The van der Waals surface area contributed by atoms with E-state index in [0.29, 0.717) is 5.69 Å². The Balaban J connectivity index is 1.80. The molecule has 0 aliphatic carbocycles. The fourth-order valence-corrected chi connectivity index (χ4v) is 3.15. The number of nitro benzene ring substituents is 1. The lowest BCUT2D eigenvalue weighted by Gasteiger charge is -2.15. The lowest BCUT2D eigenvalue weighted by atomic mass is 10.1. The van der Waals surface area contributed by atoms with Crippen LogP contribution in [0.15, 0.2) is 66.9 Å². The van der Waals surface area contributed by atoms with Crippen molar-refractivity contribution in [2.45, 2.75) is 19.1 Å². The first kappa shape index (κ1) is 25.1. The highest BCUT2D eigenvalue weighted by molar-refractivity contribution is 6.09. The molecule has 0 aliphatic rings. The summed E-state index contributed by atoms with van der Waals surface area (Å²) in [7, 11) is 0. The van der Waals surface area contributed by atoms with Crippen LogP contribution in [-0.2, 0) is 0 Å². The molecule has 182 valence electrons. The largest absolute Gasteiger partial charge is 0.405 e. The fourth-order valence-electron chi connectivity index (χ4n) is 3.15. The number of amides is 2. The molecular weight excluding hydrogens is 467 g/mol. The number of carbonyl (C=O) groups is 2. The average molecular weight is 487 g/mol. The first-order valence-electron chi connectivity index (χ1n) is 10.3. The monoisotopic (exact) mass is 487 g/mol. The van der Waals surface area contributed by atoms with Crippen molar-refractivity contribution < 1.29 is 27.7 Å². The van der Waals surface area contributed by atoms with Gasteiger partial charge < -0.3 is 16.0 Å². The topological polar surface area (TPSA) is 126 Å². The number of carbonyl (C=O) groups excluding carboxylic acids is 2. The Labute approximate surface area is 197 Å². The summed E-state index contributed by atoms with van der Waals surface area (Å²) in [6.07, 6.45) is -3.01. The van der Waals surface area contributed by atoms with Crippen molar-refractivity contribution in [3.05, 3.63) is 93.8 Å². The van der Waals surface area contributed by atoms with Crippen LogP contribution < -0.4 is 16.0 Å². The number of nitrogens with one attached hydrogen (secondary N) is 3. The second-order valence-corrected chi connectivity index (χ2v) is 7.41. The maximum atomic E-state index is 12.8. The van der Waals surface area contributed by atoms with Gasteiger partial charge in [0.25, 0.3) is 17.5 Å². The maximum absolute atomic E-state index is 12.8. The first-order valence-corrected chi connectivity index (χ1v) is 10.3. The number of nitro groups is 1. The van der Waals surface area contributed by atoms with Gasteiger partial charge in [-0.25, -0.2) is 0 Å². The quantitative estimate of drug-likeness (QED) is 0.312. The van der Waals surface area contributed by atoms with Gasteiger partial charge in [-0.05, 0) is 43.3 Å². The second kappa shape index (κ2) is 10.6. The molecular formula is C23H20F3N5O4. The molecule has 2 aromatic carbocycles. The molecule has 9 nitrogen and oxygen atoms in total. The lowest BCUT2D eigenvalue weighted by Crippen LogP contribution is -2.34. The van der Waals surface area contributed by atoms with Crippen molar-refractivity contribution in [1.82, 2.24) is 10.3 Å². The summed E-state index contributed by atoms with van der Waals surface area (Å²) in [6, 6.07) is 14.2. The fraction of sp³-hybridized carbons (Fsp3) is 0.174. The number of pyridine rings is 1. The number of anilines is 2. The van der Waals surface area contributed by atoms with E-state index >= 15 is 0 Å². The lowest BCUT2D eigenvalue weighted by molar-refractivity contribution is -0.384. The number of para-hydroxylation sites is 1. The van der Waals surface area contributed by atoms with E-state index in [2.05, 4.69) is 15.6 Å². The standard InChI is InChI=1S/C23H20F3N5O4/c1-14(17-7-4-5-11-27-17)29-19-10-9-15(12-20(19)31(34)35)21(32)30-18-8-3-2-6-16(18)22(33)28-13-23(24,25)26/h2-12,14,29H,13H2,1H3,(H,28,33)(H,30,32). The SMILES string of the molecule is CC(Nc1ccc(C(=O)Nc2ccccc2C(=O)NCC(F)(F)F)cc1[N+](=O)[O-])c1ccccn1. The number of nitrogens with zero attached hydrogens (tertiary/aromatic N) is 2. The average Bonchev–Trinajstić information content (AvgIpc) is 2.83. The molecule has 0 fully saturated rings. The summed E-state index contributed by atoms with van der Waals surface area (Å²) in [5, 5.41) is 18.8. The van der Waals surface area contributed by atoms with E-state index in [1.54, 1.807) is 36.6 Å². The van der Waals surface area contributed by atoms with E-state index in [4.69, 9.17) is 0 Å². The van der Waals surface area contributed by atoms with Crippen LogP contribution in [0.5, 0.6) is 0 Å². The third kappa shape index (κ3) is 6.76. The molecule has 0 radical (unpaired) electrons. The molecule has 35 heavy (non-hydrogen) atoms. The Hall–Kier alpha value is -4.48. The molecule has 0 saturated heterocycles. The Morgan fingerprint density at radius 1 is 1.03 bits per heavy atom. The molecule has 3 rings (SSSR count). The van der Waals surface area contributed by atoms with Gasteiger partial charge in [0.15, 0.2) is 0 Å². The Bertz CT molecular complexity index is 1240. The van der Waals surface area contributed by atoms with Gasteiger partial charge in [-0.3, -0.25) is 24.7 Å². The van der Waals surface area contributed by atoms with Gasteiger partial charge in [-0.1, -0.05) is 18.2 Å². The van der Waals surface area contributed by atoms with Crippen molar-refractivity contribution >= 4 is 28.9 Å². The van der Waals surface area contributed by atoms with E-state index in [9.17, 15) is 32.9 Å². The first-order chi connectivity index (χ1) is 16.5. The minimum absolute atomic E-state index is 0.0502. The van der Waals surface area contributed by atoms with Crippen LogP contribution in [-0.4, -0.2) is 34.4 Å². The third-order valence-electron chi connectivity index (χ3n) is 4.83. The molecule has 3 aromatic rings. The van der Waals surface area contributed by atoms with Crippen LogP contribution in [0.1, 0.15) is 39.4 Å². The van der Waals surface area contributed by atoms with E-state index in [-0.39, 0.29) is 34.2 Å². The maximum Gasteiger partial charge on any atom is 0.405 e. The number of rotatable bonds is 8. The Morgan fingerprint density at radius 2 is 1.74 bits per heavy atom. The van der Waals surface area contributed by atoms with Gasteiger partial charge in [-0.2, -0.15) is 13.2 Å². The predicted molar refractivity (Wildman–Crippen MR) is 122 cm³/mol. The molecule has 1 heterocycles. The van der Waals surface area contributed by atoms with Crippen LogP contribution in [0, 0.1) is 10.1 Å². The third-order valence-corrected chi connectivity index (χ3v) is 4.83. The molecule has 12 heteroatoms. The van der Waals surface area contributed by atoms with Gasteiger partial charge in [0, 0.05) is 17.8 Å². The summed E-state index contributed by atoms with van der Waals surface area (Å²) < 4.78 is 37.3. The number of alkyl halides is 3. The smallest absolute Gasteiger partial charge is 0.371 e. The molecule has 0 saturated carbocycles. The number of benzene rings is 2. The van der Waals surface area contributed by atoms with Crippen molar-refractivity contribution in [2.75, 3.05) is 17.2 Å². The van der Waals surface area contributed by atoms with Crippen LogP contribution >= 0.6 is 0 Å². The van der Waals surface area contributed by atoms with E-state index in [0.717, 1.165) is 6.07 Å². The summed E-state index contributed by atoms with van der Waals surface area (Å²) >= 11 is 0. The summed E-state index contributed by atoms with van der Waals surface area (Å²) in [5.74, 6) is -1.82. The highest BCUT2D eigenvalue weighted by Gasteiger charge is 2.28. The van der Waals surface area contributed by atoms with Crippen LogP contribution in [0.3, 0.4) is 0 Å². The van der Waals surface area contributed by atoms with Gasteiger partial charge in [-0.15, -0.1) is 0 Å². The molecule has 1 unspecified atom stereocenters.